The Labute approximate surface area is 112 Å². The molecular weight excluding hydrogens is 250 g/mol. The van der Waals surface area contributed by atoms with Gasteiger partial charge in [0.15, 0.2) is 0 Å². The third-order valence-electron chi connectivity index (χ3n) is 2.18. The Balaban J connectivity index is 2.01. The SMILES string of the molecule is O=C(NCCSCCCO)OCc1ccccc1. The zero-order chi connectivity index (χ0) is 13.1. The number of hydrogen-bond donors (Lipinski definition) is 2. The average molecular weight is 269 g/mol. The molecule has 1 rings (SSSR count). The highest BCUT2D eigenvalue weighted by Gasteiger charge is 2.01. The van der Waals surface area contributed by atoms with Crippen LogP contribution in [-0.2, 0) is 11.3 Å². The second-order valence-electron chi connectivity index (χ2n) is 3.68. The Kier molecular flexibility index (Phi) is 8.08. The number of carbonyl (C=O) groups excluding carboxylic acids is 1. The molecule has 100 valence electrons. The number of thioether (sulfide) groups is 1. The van der Waals surface area contributed by atoms with Crippen molar-refractivity contribution in [2.75, 3.05) is 24.7 Å². The highest BCUT2D eigenvalue weighted by Crippen LogP contribution is 2.01. The van der Waals surface area contributed by atoms with Crippen molar-refractivity contribution < 1.29 is 14.6 Å². The number of amides is 1. The minimum atomic E-state index is -0.387. The lowest BCUT2D eigenvalue weighted by Crippen LogP contribution is -2.26. The van der Waals surface area contributed by atoms with Crippen molar-refractivity contribution in [2.24, 2.45) is 0 Å². The molecule has 0 heterocycles. The van der Waals surface area contributed by atoms with Gasteiger partial charge in [-0.25, -0.2) is 4.79 Å². The monoisotopic (exact) mass is 269 g/mol. The minimum absolute atomic E-state index is 0.222. The second-order valence-corrected chi connectivity index (χ2v) is 4.90. The maximum absolute atomic E-state index is 11.3. The van der Waals surface area contributed by atoms with Gasteiger partial charge in [0, 0.05) is 18.9 Å². The molecule has 0 aliphatic carbocycles. The zero-order valence-corrected chi connectivity index (χ0v) is 11.1. The summed E-state index contributed by atoms with van der Waals surface area (Å²) in [5, 5.41) is 11.3. The molecule has 0 spiro atoms. The molecule has 0 aliphatic heterocycles. The van der Waals surface area contributed by atoms with Gasteiger partial charge in [0.1, 0.15) is 6.61 Å². The molecule has 0 bridgehead atoms. The van der Waals surface area contributed by atoms with Gasteiger partial charge < -0.3 is 15.2 Å². The molecule has 1 aromatic carbocycles. The van der Waals surface area contributed by atoms with E-state index in [1.807, 2.05) is 30.3 Å². The van der Waals surface area contributed by atoms with Crippen LogP contribution < -0.4 is 5.32 Å². The van der Waals surface area contributed by atoms with Crippen molar-refractivity contribution >= 4 is 17.9 Å². The molecule has 2 N–H and O–H groups in total. The van der Waals surface area contributed by atoms with E-state index >= 15 is 0 Å². The van der Waals surface area contributed by atoms with Crippen LogP contribution in [0.3, 0.4) is 0 Å². The van der Waals surface area contributed by atoms with E-state index in [1.54, 1.807) is 11.8 Å². The van der Waals surface area contributed by atoms with Crippen LogP contribution in [0.1, 0.15) is 12.0 Å². The number of alkyl carbamates (subject to hydrolysis) is 1. The topological polar surface area (TPSA) is 58.6 Å². The van der Waals surface area contributed by atoms with Gasteiger partial charge in [0.05, 0.1) is 0 Å². The number of aliphatic hydroxyl groups is 1. The summed E-state index contributed by atoms with van der Waals surface area (Å²) in [5.41, 5.74) is 0.977. The summed E-state index contributed by atoms with van der Waals surface area (Å²) in [4.78, 5) is 11.3. The molecule has 1 aromatic rings. The van der Waals surface area contributed by atoms with Crippen LogP contribution in [0.4, 0.5) is 4.79 Å². The number of nitrogens with one attached hydrogen (secondary N) is 1. The van der Waals surface area contributed by atoms with Crippen molar-refractivity contribution in [3.05, 3.63) is 35.9 Å². The average Bonchev–Trinajstić information content (AvgIpc) is 2.41. The number of benzene rings is 1. The molecule has 0 aliphatic rings. The van der Waals surface area contributed by atoms with Gasteiger partial charge >= 0.3 is 6.09 Å². The number of aliphatic hydroxyl groups excluding tert-OH is 1. The van der Waals surface area contributed by atoms with E-state index in [-0.39, 0.29) is 12.7 Å². The third kappa shape index (κ3) is 7.19. The largest absolute Gasteiger partial charge is 0.445 e. The molecule has 1 amide bonds. The Morgan fingerprint density at radius 2 is 2.06 bits per heavy atom. The summed E-state index contributed by atoms with van der Waals surface area (Å²) >= 11 is 1.70. The Bertz CT molecular complexity index is 332. The van der Waals surface area contributed by atoms with Crippen LogP contribution in [0.5, 0.6) is 0 Å². The first-order valence-electron chi connectivity index (χ1n) is 5.96. The van der Waals surface area contributed by atoms with Crippen molar-refractivity contribution in [3.8, 4) is 0 Å². The standard InChI is InChI=1S/C13H19NO3S/c15-8-4-9-18-10-7-14-13(16)17-11-12-5-2-1-3-6-12/h1-3,5-6,15H,4,7-11H2,(H,14,16). The van der Waals surface area contributed by atoms with Gasteiger partial charge in [-0.15, -0.1) is 0 Å². The Hall–Kier alpha value is -1.20. The fourth-order valence-electron chi connectivity index (χ4n) is 1.27. The van der Waals surface area contributed by atoms with Crippen LogP contribution >= 0.6 is 11.8 Å². The Morgan fingerprint density at radius 3 is 2.78 bits per heavy atom. The van der Waals surface area contributed by atoms with Gasteiger partial charge in [-0.1, -0.05) is 30.3 Å². The zero-order valence-electron chi connectivity index (χ0n) is 10.3. The van der Waals surface area contributed by atoms with E-state index < -0.39 is 0 Å². The smallest absolute Gasteiger partial charge is 0.407 e. The van der Waals surface area contributed by atoms with E-state index in [9.17, 15) is 4.79 Å². The number of rotatable bonds is 8. The van der Waals surface area contributed by atoms with E-state index in [1.165, 1.54) is 0 Å². The number of ether oxygens (including phenoxy) is 1. The number of carbonyl (C=O) groups is 1. The first-order chi connectivity index (χ1) is 8.83. The first-order valence-corrected chi connectivity index (χ1v) is 7.11. The van der Waals surface area contributed by atoms with Crippen LogP contribution in [0.2, 0.25) is 0 Å². The minimum Gasteiger partial charge on any atom is -0.445 e. The number of hydrogen-bond acceptors (Lipinski definition) is 4. The molecular formula is C13H19NO3S. The van der Waals surface area contributed by atoms with Crippen LogP contribution in [-0.4, -0.2) is 35.9 Å². The summed E-state index contributed by atoms with van der Waals surface area (Å²) in [6.07, 6.45) is 0.407. The van der Waals surface area contributed by atoms with Gasteiger partial charge in [-0.3, -0.25) is 0 Å². The van der Waals surface area contributed by atoms with Crippen molar-refractivity contribution in [3.63, 3.8) is 0 Å². The maximum atomic E-state index is 11.3. The third-order valence-corrected chi connectivity index (χ3v) is 3.25. The predicted molar refractivity (Wildman–Crippen MR) is 73.7 cm³/mol. The highest BCUT2D eigenvalue weighted by molar-refractivity contribution is 7.99. The lowest BCUT2D eigenvalue weighted by atomic mass is 10.2. The van der Waals surface area contributed by atoms with E-state index in [0.717, 1.165) is 23.5 Å². The molecule has 18 heavy (non-hydrogen) atoms. The molecule has 0 saturated carbocycles. The van der Waals surface area contributed by atoms with Crippen LogP contribution in [0, 0.1) is 0 Å². The van der Waals surface area contributed by atoms with E-state index in [4.69, 9.17) is 9.84 Å². The molecule has 0 unspecified atom stereocenters. The predicted octanol–water partition coefficient (Wildman–Crippen LogP) is 2.03. The van der Waals surface area contributed by atoms with Crippen molar-refractivity contribution in [1.82, 2.24) is 5.32 Å². The van der Waals surface area contributed by atoms with Gasteiger partial charge in [0.2, 0.25) is 0 Å². The molecule has 0 saturated heterocycles. The molecule has 0 fully saturated rings. The maximum Gasteiger partial charge on any atom is 0.407 e. The summed E-state index contributed by atoms with van der Waals surface area (Å²) < 4.78 is 5.06. The van der Waals surface area contributed by atoms with Crippen LogP contribution in [0.15, 0.2) is 30.3 Å². The summed E-state index contributed by atoms with van der Waals surface area (Å²) in [7, 11) is 0. The fraction of sp³-hybridized carbons (Fsp3) is 0.462. The lowest BCUT2D eigenvalue weighted by molar-refractivity contribution is 0.140. The summed E-state index contributed by atoms with van der Waals surface area (Å²) in [6.45, 7) is 1.10. The van der Waals surface area contributed by atoms with E-state index in [0.29, 0.717) is 13.2 Å². The van der Waals surface area contributed by atoms with Crippen molar-refractivity contribution in [1.29, 1.82) is 0 Å². The Morgan fingerprint density at radius 1 is 1.28 bits per heavy atom. The van der Waals surface area contributed by atoms with Gasteiger partial charge in [-0.2, -0.15) is 11.8 Å². The van der Waals surface area contributed by atoms with E-state index in [2.05, 4.69) is 5.32 Å². The summed E-state index contributed by atoms with van der Waals surface area (Å²) in [6, 6.07) is 9.58. The molecule has 5 heteroatoms. The molecule has 0 aromatic heterocycles. The fourth-order valence-corrected chi connectivity index (χ4v) is 2.05. The molecule has 0 radical (unpaired) electrons. The molecule has 0 atom stereocenters. The quantitative estimate of drug-likeness (QED) is 0.709. The highest BCUT2D eigenvalue weighted by atomic mass is 32.2. The normalized spacial score (nSPS) is 10.1. The van der Waals surface area contributed by atoms with Gasteiger partial charge in [0.25, 0.3) is 0 Å². The first kappa shape index (κ1) is 14.9. The van der Waals surface area contributed by atoms with Crippen LogP contribution in [0.25, 0.3) is 0 Å². The van der Waals surface area contributed by atoms with Gasteiger partial charge in [-0.05, 0) is 17.7 Å². The van der Waals surface area contributed by atoms with Crippen molar-refractivity contribution in [2.45, 2.75) is 13.0 Å². The summed E-state index contributed by atoms with van der Waals surface area (Å²) in [5.74, 6) is 1.75. The second kappa shape index (κ2) is 9.79. The lowest BCUT2D eigenvalue weighted by Gasteiger charge is -2.06. The molecule has 4 nitrogen and oxygen atoms in total.